The molecular weight excluding hydrogens is 493 g/mol. The largest absolute Gasteiger partial charge is 1.00 e. The highest BCUT2D eigenvalue weighted by Gasteiger charge is 2.09. The zero-order valence-electron chi connectivity index (χ0n) is 19.2. The number of benzene rings is 1. The van der Waals surface area contributed by atoms with E-state index >= 15 is 0 Å². The van der Waals surface area contributed by atoms with Crippen LogP contribution in [0, 0.1) is 0 Å². The smallest absolute Gasteiger partial charge is 0.265 e. The van der Waals surface area contributed by atoms with E-state index in [0.717, 1.165) is 12.1 Å². The molecule has 0 aliphatic heterocycles. The number of aryl methyl sites for hydroxylation is 1. The first-order valence-electron chi connectivity index (χ1n) is 12.0. The third-order valence-corrected chi connectivity index (χ3v) is 6.33. The molecule has 31 heavy (non-hydrogen) atoms. The Kier molecular flexibility index (Phi) is 16.4. The van der Waals surface area contributed by atoms with Crippen molar-refractivity contribution >= 4 is 23.2 Å². The van der Waals surface area contributed by atoms with Crippen molar-refractivity contribution in [2.75, 3.05) is 0 Å². The van der Waals surface area contributed by atoms with E-state index in [9.17, 15) is 0 Å². The van der Waals surface area contributed by atoms with Crippen LogP contribution in [-0.4, -0.2) is 9.78 Å². The minimum atomic E-state index is 0. The van der Waals surface area contributed by atoms with Crippen molar-refractivity contribution in [1.82, 2.24) is 9.78 Å². The summed E-state index contributed by atoms with van der Waals surface area (Å²) in [7, 11) is 0. The van der Waals surface area contributed by atoms with Crippen molar-refractivity contribution in [2.24, 2.45) is 0 Å². The van der Waals surface area contributed by atoms with E-state index in [1.54, 1.807) is 6.07 Å². The van der Waals surface area contributed by atoms with Gasteiger partial charge < -0.3 is 17.0 Å². The van der Waals surface area contributed by atoms with Crippen LogP contribution in [-0.2, 0) is 13.1 Å². The van der Waals surface area contributed by atoms with Crippen LogP contribution in [0.25, 0.3) is 0 Å². The van der Waals surface area contributed by atoms with Crippen molar-refractivity contribution in [1.29, 1.82) is 0 Å². The van der Waals surface area contributed by atoms with Gasteiger partial charge in [-0.25, -0.2) is 4.57 Å². The summed E-state index contributed by atoms with van der Waals surface area (Å²) in [5.41, 5.74) is 1.04. The number of hydrogen-bond donors (Lipinski definition) is 0. The normalized spacial score (nSPS) is 10.9. The lowest BCUT2D eigenvalue weighted by atomic mass is 10.0. The Morgan fingerprint density at radius 1 is 0.806 bits per heavy atom. The highest BCUT2D eigenvalue weighted by molar-refractivity contribution is 6.35. The third kappa shape index (κ3) is 12.9. The SMILES string of the molecule is CCCCCCCCCCCCCCCC[n+]1cnn(Cc2ccc(Cl)cc2Cl)c1.[Br-]. The van der Waals surface area contributed by atoms with Gasteiger partial charge in [0, 0.05) is 20.7 Å². The number of unbranched alkanes of at least 4 members (excludes halogenated alkanes) is 13. The van der Waals surface area contributed by atoms with Crippen LogP contribution in [0.1, 0.15) is 102 Å². The molecular formula is C25H40BrCl2N3. The Bertz CT molecular complexity index is 706. The first-order valence-corrected chi connectivity index (χ1v) is 12.8. The molecule has 0 aliphatic carbocycles. The molecule has 3 nitrogen and oxygen atoms in total. The van der Waals surface area contributed by atoms with Gasteiger partial charge in [0.05, 0.1) is 6.54 Å². The van der Waals surface area contributed by atoms with E-state index in [2.05, 4.69) is 22.9 Å². The maximum Gasteiger partial charge on any atom is 0.265 e. The summed E-state index contributed by atoms with van der Waals surface area (Å²) < 4.78 is 4.10. The molecule has 0 radical (unpaired) electrons. The molecule has 0 atom stereocenters. The van der Waals surface area contributed by atoms with Crippen LogP contribution in [0.2, 0.25) is 10.0 Å². The lowest BCUT2D eigenvalue weighted by molar-refractivity contribution is -0.698. The van der Waals surface area contributed by atoms with Crippen LogP contribution < -0.4 is 21.5 Å². The molecule has 0 N–H and O–H groups in total. The number of rotatable bonds is 17. The summed E-state index contributed by atoms with van der Waals surface area (Å²) >= 11 is 12.2. The van der Waals surface area contributed by atoms with Gasteiger partial charge in [-0.15, -0.1) is 4.68 Å². The van der Waals surface area contributed by atoms with Gasteiger partial charge >= 0.3 is 0 Å². The quantitative estimate of drug-likeness (QED) is 0.207. The Morgan fingerprint density at radius 3 is 1.90 bits per heavy atom. The summed E-state index contributed by atoms with van der Waals surface area (Å²) in [6.45, 7) is 3.99. The lowest BCUT2D eigenvalue weighted by Gasteiger charge is -2.03. The van der Waals surface area contributed by atoms with Crippen LogP contribution in [0.5, 0.6) is 0 Å². The average Bonchev–Trinajstić information content (AvgIpc) is 3.18. The number of aromatic nitrogens is 3. The van der Waals surface area contributed by atoms with E-state index in [4.69, 9.17) is 23.2 Å². The van der Waals surface area contributed by atoms with E-state index in [0.29, 0.717) is 16.6 Å². The second-order valence-corrected chi connectivity index (χ2v) is 9.36. The molecule has 0 aliphatic rings. The number of halogens is 3. The Hall–Kier alpha value is -0.580. The van der Waals surface area contributed by atoms with E-state index in [-0.39, 0.29) is 17.0 Å². The van der Waals surface area contributed by atoms with Gasteiger partial charge in [0.25, 0.3) is 6.33 Å². The Labute approximate surface area is 210 Å². The first-order chi connectivity index (χ1) is 14.7. The summed E-state index contributed by atoms with van der Waals surface area (Å²) in [4.78, 5) is 0. The lowest BCUT2D eigenvalue weighted by Crippen LogP contribution is -3.00. The Morgan fingerprint density at radius 2 is 1.35 bits per heavy atom. The first kappa shape index (κ1) is 28.5. The third-order valence-electron chi connectivity index (χ3n) is 5.75. The molecule has 0 bridgehead atoms. The standard InChI is InChI=1S/C25H40Cl2N3.BrH/c1-2-3-4-5-6-7-8-9-10-11-12-13-14-15-18-29-21-28-30(22-29)20-23-16-17-24(26)19-25(23)27;/h16-17,19,21-22H,2-15,18,20H2,1H3;1H/q+1;/p-1. The van der Waals surface area contributed by atoms with Gasteiger partial charge in [-0.05, 0) is 18.6 Å². The highest BCUT2D eigenvalue weighted by atomic mass is 79.9. The zero-order chi connectivity index (χ0) is 21.4. The maximum absolute atomic E-state index is 6.26. The van der Waals surface area contributed by atoms with Crippen molar-refractivity contribution < 1.29 is 21.5 Å². The van der Waals surface area contributed by atoms with Crippen LogP contribution in [0.4, 0.5) is 0 Å². The second kappa shape index (κ2) is 17.9. The molecule has 0 saturated heterocycles. The van der Waals surface area contributed by atoms with Gasteiger partial charge in [0.1, 0.15) is 6.54 Å². The Balaban J connectivity index is 0.00000480. The average molecular weight is 533 g/mol. The monoisotopic (exact) mass is 531 g/mol. The number of nitrogens with zero attached hydrogens (tertiary/aromatic N) is 3. The van der Waals surface area contributed by atoms with Crippen molar-refractivity contribution in [3.8, 4) is 0 Å². The molecule has 0 amide bonds. The summed E-state index contributed by atoms with van der Waals surface area (Å²) in [5.74, 6) is 0. The number of hydrogen-bond acceptors (Lipinski definition) is 1. The van der Waals surface area contributed by atoms with Crippen molar-refractivity contribution in [3.63, 3.8) is 0 Å². The summed E-state index contributed by atoms with van der Waals surface area (Å²) in [6.07, 6.45) is 23.5. The fourth-order valence-corrected chi connectivity index (χ4v) is 4.34. The molecule has 1 heterocycles. The molecule has 176 valence electrons. The molecule has 6 heteroatoms. The summed E-state index contributed by atoms with van der Waals surface area (Å²) in [6, 6.07) is 5.61. The molecule has 0 fully saturated rings. The molecule has 1 aromatic carbocycles. The minimum Gasteiger partial charge on any atom is -1.00 e. The zero-order valence-corrected chi connectivity index (χ0v) is 22.3. The minimum absolute atomic E-state index is 0. The predicted molar refractivity (Wildman–Crippen MR) is 128 cm³/mol. The fourth-order valence-electron chi connectivity index (χ4n) is 3.87. The van der Waals surface area contributed by atoms with Gasteiger partial charge in [-0.1, -0.05) is 120 Å². The van der Waals surface area contributed by atoms with Gasteiger partial charge in [-0.3, -0.25) is 0 Å². The highest BCUT2D eigenvalue weighted by Crippen LogP contribution is 2.21. The van der Waals surface area contributed by atoms with Crippen LogP contribution in [0.3, 0.4) is 0 Å². The molecule has 0 saturated carbocycles. The molecule has 2 aromatic rings. The van der Waals surface area contributed by atoms with E-state index in [1.807, 2.05) is 23.1 Å². The fraction of sp³-hybridized carbons (Fsp3) is 0.680. The topological polar surface area (TPSA) is 21.7 Å². The molecule has 1 aromatic heterocycles. The van der Waals surface area contributed by atoms with Gasteiger partial charge in [0.2, 0.25) is 6.33 Å². The van der Waals surface area contributed by atoms with Crippen molar-refractivity contribution in [3.05, 3.63) is 46.5 Å². The molecule has 0 spiro atoms. The molecule has 0 unspecified atom stereocenters. The van der Waals surface area contributed by atoms with Crippen molar-refractivity contribution in [2.45, 2.75) is 110 Å². The maximum atomic E-state index is 6.26. The second-order valence-electron chi connectivity index (χ2n) is 8.51. The van der Waals surface area contributed by atoms with E-state index in [1.165, 1.54) is 89.9 Å². The van der Waals surface area contributed by atoms with Crippen LogP contribution in [0.15, 0.2) is 30.9 Å². The van der Waals surface area contributed by atoms with Gasteiger partial charge in [-0.2, -0.15) is 0 Å². The van der Waals surface area contributed by atoms with E-state index < -0.39 is 0 Å². The molecule has 2 rings (SSSR count). The van der Waals surface area contributed by atoms with Crippen LogP contribution >= 0.6 is 23.2 Å². The van der Waals surface area contributed by atoms with Gasteiger partial charge in [0.15, 0.2) is 0 Å². The predicted octanol–water partition coefficient (Wildman–Crippen LogP) is 5.01. The summed E-state index contributed by atoms with van der Waals surface area (Å²) in [5, 5.41) is 5.80.